The van der Waals surface area contributed by atoms with Crippen molar-refractivity contribution in [3.05, 3.63) is 12.2 Å². The molecule has 0 bridgehead atoms. The lowest BCUT2D eigenvalue weighted by Crippen LogP contribution is -1.97. The number of carboxylic acid groups (broad SMARTS) is 1. The summed E-state index contributed by atoms with van der Waals surface area (Å²) in [5, 5.41) is 8.17. The van der Waals surface area contributed by atoms with Crippen molar-refractivity contribution in [2.75, 3.05) is 11.5 Å². The zero-order chi connectivity index (χ0) is 7.11. The third-order valence-electron chi connectivity index (χ3n) is 0.675. The van der Waals surface area contributed by atoms with Crippen LogP contribution in [0, 0.1) is 0 Å². The van der Waals surface area contributed by atoms with Crippen molar-refractivity contribution in [1.82, 2.24) is 0 Å². The first-order valence-electron chi connectivity index (χ1n) is 2.68. The Hall–Kier alpha value is -0.440. The molecule has 0 spiro atoms. The second-order valence-corrected chi connectivity index (χ2v) is 2.51. The molecule has 9 heavy (non-hydrogen) atoms. The average Bonchev–Trinajstić information content (AvgIpc) is 1.80. The molecule has 0 aromatic rings. The molecule has 0 amide bonds. The minimum Gasteiger partial charge on any atom is -0.481 e. The first-order chi connectivity index (χ1) is 4.27. The van der Waals surface area contributed by atoms with Crippen molar-refractivity contribution in [2.24, 2.45) is 0 Å². The predicted molar refractivity (Wildman–Crippen MR) is 39.8 cm³/mol. The first kappa shape index (κ1) is 8.56. The van der Waals surface area contributed by atoms with Gasteiger partial charge in [-0.15, -0.1) is 11.8 Å². The molecule has 3 heteroatoms. The van der Waals surface area contributed by atoms with Crippen LogP contribution in [-0.4, -0.2) is 22.6 Å². The maximum Gasteiger partial charge on any atom is 0.313 e. The number of thioether (sulfide) groups is 1. The van der Waals surface area contributed by atoms with E-state index in [1.54, 1.807) is 0 Å². The van der Waals surface area contributed by atoms with Gasteiger partial charge in [-0.1, -0.05) is 12.2 Å². The van der Waals surface area contributed by atoms with E-state index in [1.165, 1.54) is 11.8 Å². The van der Waals surface area contributed by atoms with Crippen molar-refractivity contribution in [1.29, 1.82) is 0 Å². The quantitative estimate of drug-likeness (QED) is 0.481. The molecule has 0 aliphatic heterocycles. The highest BCUT2D eigenvalue weighted by atomic mass is 32.2. The van der Waals surface area contributed by atoms with E-state index >= 15 is 0 Å². The van der Waals surface area contributed by atoms with Gasteiger partial charge in [0.2, 0.25) is 0 Å². The molecular weight excluding hydrogens is 136 g/mol. The average molecular weight is 146 g/mol. The summed E-state index contributed by atoms with van der Waals surface area (Å²) in [6, 6.07) is 0. The van der Waals surface area contributed by atoms with Gasteiger partial charge in [-0.2, -0.15) is 0 Å². The molecular formula is C6H10O2S. The molecule has 0 rings (SSSR count). The topological polar surface area (TPSA) is 37.3 Å². The summed E-state index contributed by atoms with van der Waals surface area (Å²) in [7, 11) is 0. The van der Waals surface area contributed by atoms with Gasteiger partial charge in [0.25, 0.3) is 0 Å². The molecule has 0 saturated carbocycles. The third kappa shape index (κ3) is 7.56. The fourth-order valence-corrected chi connectivity index (χ4v) is 0.932. The summed E-state index contributed by atoms with van der Waals surface area (Å²) in [5.74, 6) is 0.247. The second kappa shape index (κ2) is 5.69. The first-order valence-corrected chi connectivity index (χ1v) is 3.83. The highest BCUT2D eigenvalue weighted by Gasteiger charge is 1.92. The molecule has 0 aromatic heterocycles. The van der Waals surface area contributed by atoms with Crippen LogP contribution in [-0.2, 0) is 4.79 Å². The van der Waals surface area contributed by atoms with E-state index in [2.05, 4.69) is 0 Å². The summed E-state index contributed by atoms with van der Waals surface area (Å²) >= 11 is 1.40. The number of rotatable bonds is 4. The van der Waals surface area contributed by atoms with Crippen LogP contribution in [0.1, 0.15) is 6.92 Å². The molecule has 0 heterocycles. The molecule has 0 unspecified atom stereocenters. The zero-order valence-corrected chi connectivity index (χ0v) is 6.15. The minimum atomic E-state index is -0.746. The number of allylic oxidation sites excluding steroid dienone is 1. The monoisotopic (exact) mass is 146 g/mol. The van der Waals surface area contributed by atoms with Gasteiger partial charge in [-0.25, -0.2) is 0 Å². The van der Waals surface area contributed by atoms with Gasteiger partial charge in [0.1, 0.15) is 0 Å². The molecule has 0 aliphatic carbocycles. The maximum absolute atomic E-state index is 9.92. The van der Waals surface area contributed by atoms with E-state index in [4.69, 9.17) is 5.11 Å². The molecule has 1 N–H and O–H groups in total. The van der Waals surface area contributed by atoms with Crippen molar-refractivity contribution < 1.29 is 9.90 Å². The molecule has 0 aliphatic rings. The fourth-order valence-electron chi connectivity index (χ4n) is 0.311. The van der Waals surface area contributed by atoms with E-state index in [-0.39, 0.29) is 5.75 Å². The van der Waals surface area contributed by atoms with Crippen molar-refractivity contribution in [2.45, 2.75) is 6.92 Å². The second-order valence-electron chi connectivity index (χ2n) is 1.48. The van der Waals surface area contributed by atoms with Crippen LogP contribution in [0.2, 0.25) is 0 Å². The van der Waals surface area contributed by atoms with Crippen LogP contribution in [0.15, 0.2) is 12.2 Å². The number of aliphatic carboxylic acids is 1. The van der Waals surface area contributed by atoms with Gasteiger partial charge < -0.3 is 5.11 Å². The largest absolute Gasteiger partial charge is 0.481 e. The number of hydrogen-bond acceptors (Lipinski definition) is 2. The zero-order valence-electron chi connectivity index (χ0n) is 5.33. The normalized spacial score (nSPS) is 10.3. The molecule has 0 saturated heterocycles. The Bertz CT molecular complexity index is 110. The highest BCUT2D eigenvalue weighted by Crippen LogP contribution is 1.98. The summed E-state index contributed by atoms with van der Waals surface area (Å²) in [6.45, 7) is 1.92. The van der Waals surface area contributed by atoms with Crippen molar-refractivity contribution in [3.8, 4) is 0 Å². The summed E-state index contributed by atoms with van der Waals surface area (Å²) in [4.78, 5) is 9.92. The van der Waals surface area contributed by atoms with Crippen LogP contribution in [0.25, 0.3) is 0 Å². The Kier molecular flexibility index (Phi) is 5.41. The molecule has 0 fully saturated rings. The Labute approximate surface area is 59.0 Å². The Morgan fingerprint density at radius 3 is 2.89 bits per heavy atom. The number of carboxylic acids is 1. The van der Waals surface area contributed by atoms with Gasteiger partial charge in [0.05, 0.1) is 5.75 Å². The summed E-state index contributed by atoms with van der Waals surface area (Å²) in [6.07, 6.45) is 3.85. The lowest BCUT2D eigenvalue weighted by molar-refractivity contribution is -0.133. The predicted octanol–water partition coefficient (Wildman–Crippen LogP) is 1.38. The molecule has 2 nitrogen and oxygen atoms in total. The number of carbonyl (C=O) groups is 1. The standard InChI is InChI=1S/C6H10O2S/c1-2-3-4-9-5-6(7)8/h2-3H,4-5H2,1H3,(H,7,8)/b3-2+. The number of hydrogen-bond donors (Lipinski definition) is 1. The van der Waals surface area contributed by atoms with E-state index < -0.39 is 5.97 Å². The van der Waals surface area contributed by atoms with Crippen LogP contribution < -0.4 is 0 Å². The van der Waals surface area contributed by atoms with E-state index in [1.807, 2.05) is 19.1 Å². The van der Waals surface area contributed by atoms with Crippen LogP contribution in [0.4, 0.5) is 0 Å². The Morgan fingerprint density at radius 1 is 1.78 bits per heavy atom. The van der Waals surface area contributed by atoms with Crippen LogP contribution in [0.3, 0.4) is 0 Å². The van der Waals surface area contributed by atoms with Gasteiger partial charge in [0, 0.05) is 5.75 Å². The SMILES string of the molecule is C/C=C/CSCC(=O)O. The Morgan fingerprint density at radius 2 is 2.44 bits per heavy atom. The smallest absolute Gasteiger partial charge is 0.313 e. The van der Waals surface area contributed by atoms with Gasteiger partial charge in [0.15, 0.2) is 0 Å². The highest BCUT2D eigenvalue weighted by molar-refractivity contribution is 8.00. The lowest BCUT2D eigenvalue weighted by Gasteiger charge is -1.88. The van der Waals surface area contributed by atoms with Crippen molar-refractivity contribution in [3.63, 3.8) is 0 Å². The molecule has 0 aromatic carbocycles. The molecule has 52 valence electrons. The van der Waals surface area contributed by atoms with E-state index in [0.717, 1.165) is 5.75 Å². The molecule has 0 atom stereocenters. The summed E-state index contributed by atoms with van der Waals surface area (Å²) in [5.41, 5.74) is 0. The van der Waals surface area contributed by atoms with Crippen molar-refractivity contribution >= 4 is 17.7 Å². The van der Waals surface area contributed by atoms with Gasteiger partial charge >= 0.3 is 5.97 Å². The van der Waals surface area contributed by atoms with Crippen LogP contribution in [0.5, 0.6) is 0 Å². The van der Waals surface area contributed by atoms with Gasteiger partial charge in [-0.3, -0.25) is 4.79 Å². The van der Waals surface area contributed by atoms with E-state index in [9.17, 15) is 4.79 Å². The third-order valence-corrected chi connectivity index (χ3v) is 1.55. The molecule has 0 radical (unpaired) electrons. The van der Waals surface area contributed by atoms with Crippen LogP contribution >= 0.6 is 11.8 Å². The lowest BCUT2D eigenvalue weighted by atomic mass is 10.6. The Balaban J connectivity index is 3.01. The van der Waals surface area contributed by atoms with Gasteiger partial charge in [-0.05, 0) is 6.92 Å². The van der Waals surface area contributed by atoms with E-state index in [0.29, 0.717) is 0 Å². The summed E-state index contributed by atoms with van der Waals surface area (Å²) < 4.78 is 0. The minimum absolute atomic E-state index is 0.199. The fraction of sp³-hybridized carbons (Fsp3) is 0.500. The maximum atomic E-state index is 9.92.